The number of nitrogen functional groups attached to an aromatic ring is 1. The topological polar surface area (TPSA) is 97.5 Å². The number of hydrogen-bond acceptors (Lipinski definition) is 5. The summed E-state index contributed by atoms with van der Waals surface area (Å²) < 4.78 is 48.5. The van der Waals surface area contributed by atoms with Gasteiger partial charge in [-0.2, -0.15) is 4.31 Å². The zero-order valence-electron chi connectivity index (χ0n) is 11.9. The maximum atomic E-state index is 12.4. The Morgan fingerprint density at radius 1 is 1.19 bits per heavy atom. The summed E-state index contributed by atoms with van der Waals surface area (Å²) in [7, 11) is -6.89. The molecule has 1 aromatic carbocycles. The first kappa shape index (κ1) is 16.3. The molecule has 6 nitrogen and oxygen atoms in total. The van der Waals surface area contributed by atoms with Gasteiger partial charge in [0.15, 0.2) is 0 Å². The highest BCUT2D eigenvalue weighted by atomic mass is 32.2. The van der Waals surface area contributed by atoms with Gasteiger partial charge in [0.05, 0.1) is 11.5 Å². The van der Waals surface area contributed by atoms with Crippen molar-refractivity contribution in [2.45, 2.75) is 25.4 Å². The predicted molar refractivity (Wildman–Crippen MR) is 82.9 cm³/mol. The largest absolute Gasteiger partial charge is 0.399 e. The van der Waals surface area contributed by atoms with Crippen molar-refractivity contribution in [2.75, 3.05) is 23.5 Å². The van der Waals surface area contributed by atoms with Crippen LogP contribution in [0, 0.1) is 0 Å². The molecular weight excluding hydrogens is 312 g/mol. The Balaban J connectivity index is 2.15. The lowest BCUT2D eigenvalue weighted by molar-refractivity contribution is 0.399. The van der Waals surface area contributed by atoms with Gasteiger partial charge in [0.25, 0.3) is 0 Å². The van der Waals surface area contributed by atoms with Crippen molar-refractivity contribution in [3.63, 3.8) is 0 Å². The second-order valence-corrected chi connectivity index (χ2v) is 9.77. The van der Waals surface area contributed by atoms with E-state index >= 15 is 0 Å². The molecule has 1 aliphatic rings. The quantitative estimate of drug-likeness (QED) is 0.738. The fourth-order valence-electron chi connectivity index (χ4n) is 2.06. The fraction of sp³-hybridized carbons (Fsp3) is 0.538. The van der Waals surface area contributed by atoms with Crippen molar-refractivity contribution in [3.05, 3.63) is 29.8 Å². The Hall–Kier alpha value is -1.12. The van der Waals surface area contributed by atoms with Gasteiger partial charge in [-0.05, 0) is 30.5 Å². The van der Waals surface area contributed by atoms with E-state index in [4.69, 9.17) is 5.73 Å². The van der Waals surface area contributed by atoms with Gasteiger partial charge in [-0.25, -0.2) is 16.8 Å². The average molecular weight is 332 g/mol. The SMILES string of the molecule is CS(=O)(=O)CCS(=O)(=O)N(Cc1cccc(N)c1)C1CC1. The molecule has 0 bridgehead atoms. The molecular formula is C13H20N2O4S2. The molecule has 21 heavy (non-hydrogen) atoms. The molecule has 8 heteroatoms. The van der Waals surface area contributed by atoms with Gasteiger partial charge in [0.2, 0.25) is 10.0 Å². The van der Waals surface area contributed by atoms with E-state index in [9.17, 15) is 16.8 Å². The zero-order chi connectivity index (χ0) is 15.7. The summed E-state index contributed by atoms with van der Waals surface area (Å²) in [6, 6.07) is 7.05. The second kappa shape index (κ2) is 5.94. The molecule has 118 valence electrons. The number of nitrogens with two attached hydrogens (primary N) is 1. The van der Waals surface area contributed by atoms with Crippen molar-refractivity contribution in [2.24, 2.45) is 0 Å². The van der Waals surface area contributed by atoms with Crippen LogP contribution in [0.1, 0.15) is 18.4 Å². The predicted octanol–water partition coefficient (Wildman–Crippen LogP) is 0.608. The Morgan fingerprint density at radius 3 is 2.38 bits per heavy atom. The Morgan fingerprint density at radius 2 is 1.86 bits per heavy atom. The number of rotatable bonds is 7. The molecule has 0 aromatic heterocycles. The lowest BCUT2D eigenvalue weighted by Crippen LogP contribution is -2.36. The molecule has 2 N–H and O–H groups in total. The Labute approximate surface area is 125 Å². The van der Waals surface area contributed by atoms with Crippen LogP contribution >= 0.6 is 0 Å². The van der Waals surface area contributed by atoms with Crippen LogP contribution in [0.25, 0.3) is 0 Å². The third kappa shape index (κ3) is 4.98. The first-order valence-electron chi connectivity index (χ1n) is 6.69. The standard InChI is InChI=1S/C13H20N2O4S2/c1-20(16,17)7-8-21(18,19)15(13-5-6-13)10-11-3-2-4-12(14)9-11/h2-4,9,13H,5-8,10,14H2,1H3. The molecule has 0 unspecified atom stereocenters. The van der Waals surface area contributed by atoms with Crippen molar-refractivity contribution >= 4 is 25.5 Å². The molecule has 0 heterocycles. The maximum Gasteiger partial charge on any atom is 0.215 e. The highest BCUT2D eigenvalue weighted by molar-refractivity contribution is 7.93. The van der Waals surface area contributed by atoms with E-state index in [-0.39, 0.29) is 24.1 Å². The smallest absolute Gasteiger partial charge is 0.215 e. The van der Waals surface area contributed by atoms with Crippen LogP contribution in [0.5, 0.6) is 0 Å². The molecule has 0 saturated heterocycles. The second-order valence-electron chi connectivity index (χ2n) is 5.47. The van der Waals surface area contributed by atoms with Crippen molar-refractivity contribution < 1.29 is 16.8 Å². The summed E-state index contributed by atoms with van der Waals surface area (Å²) in [6.45, 7) is 0.238. The van der Waals surface area contributed by atoms with Gasteiger partial charge in [0, 0.05) is 24.5 Å². The van der Waals surface area contributed by atoms with Gasteiger partial charge in [0.1, 0.15) is 9.84 Å². The van der Waals surface area contributed by atoms with Gasteiger partial charge in [-0.1, -0.05) is 12.1 Å². The molecule has 0 amide bonds. The molecule has 0 aliphatic heterocycles. The van der Waals surface area contributed by atoms with Crippen LogP contribution in [0.15, 0.2) is 24.3 Å². The lowest BCUT2D eigenvalue weighted by Gasteiger charge is -2.22. The summed E-state index contributed by atoms with van der Waals surface area (Å²) in [5.41, 5.74) is 7.09. The van der Waals surface area contributed by atoms with Crippen LogP contribution in [-0.2, 0) is 26.4 Å². The van der Waals surface area contributed by atoms with E-state index in [2.05, 4.69) is 0 Å². The van der Waals surface area contributed by atoms with Crippen molar-refractivity contribution in [1.29, 1.82) is 0 Å². The number of nitrogens with zero attached hydrogens (tertiary/aromatic N) is 1. The normalized spacial score (nSPS) is 16.3. The first-order valence-corrected chi connectivity index (χ1v) is 10.4. The number of sulfone groups is 1. The van der Waals surface area contributed by atoms with E-state index in [1.807, 2.05) is 6.07 Å². The zero-order valence-corrected chi connectivity index (χ0v) is 13.5. The van der Waals surface area contributed by atoms with E-state index in [0.29, 0.717) is 5.69 Å². The highest BCUT2D eigenvalue weighted by Gasteiger charge is 2.37. The van der Waals surface area contributed by atoms with E-state index in [1.165, 1.54) is 4.31 Å². The Kier molecular flexibility index (Phi) is 4.60. The maximum absolute atomic E-state index is 12.4. The summed E-state index contributed by atoms with van der Waals surface area (Å²) >= 11 is 0. The molecule has 0 atom stereocenters. The van der Waals surface area contributed by atoms with Crippen LogP contribution in [0.3, 0.4) is 0 Å². The highest BCUT2D eigenvalue weighted by Crippen LogP contribution is 2.31. The number of anilines is 1. The molecule has 1 fully saturated rings. The van der Waals surface area contributed by atoms with E-state index < -0.39 is 19.9 Å². The van der Waals surface area contributed by atoms with E-state index in [1.54, 1.807) is 18.2 Å². The summed E-state index contributed by atoms with van der Waals surface area (Å²) in [5.74, 6) is -0.722. The summed E-state index contributed by atoms with van der Waals surface area (Å²) in [6.07, 6.45) is 2.68. The van der Waals surface area contributed by atoms with Gasteiger partial charge < -0.3 is 5.73 Å². The molecule has 1 aliphatic carbocycles. The Bertz CT molecular complexity index is 709. The number of sulfonamides is 1. The van der Waals surface area contributed by atoms with Crippen LogP contribution in [0.4, 0.5) is 5.69 Å². The van der Waals surface area contributed by atoms with Crippen LogP contribution < -0.4 is 5.73 Å². The minimum atomic E-state index is -3.59. The van der Waals surface area contributed by atoms with Gasteiger partial charge >= 0.3 is 0 Å². The average Bonchev–Trinajstić information content (AvgIpc) is 3.17. The van der Waals surface area contributed by atoms with Gasteiger partial charge in [-0.3, -0.25) is 0 Å². The third-order valence-electron chi connectivity index (χ3n) is 3.31. The number of hydrogen-bond donors (Lipinski definition) is 1. The monoisotopic (exact) mass is 332 g/mol. The fourth-order valence-corrected chi connectivity index (χ4v) is 5.36. The van der Waals surface area contributed by atoms with Crippen LogP contribution in [0.2, 0.25) is 0 Å². The minimum absolute atomic E-state index is 0.0176. The van der Waals surface area contributed by atoms with Crippen molar-refractivity contribution in [3.8, 4) is 0 Å². The van der Waals surface area contributed by atoms with Gasteiger partial charge in [-0.15, -0.1) is 0 Å². The lowest BCUT2D eigenvalue weighted by atomic mass is 10.2. The molecule has 1 saturated carbocycles. The van der Waals surface area contributed by atoms with E-state index in [0.717, 1.165) is 24.7 Å². The van der Waals surface area contributed by atoms with Crippen LogP contribution in [-0.4, -0.2) is 44.9 Å². The molecule has 0 spiro atoms. The molecule has 0 radical (unpaired) electrons. The first-order chi connectivity index (χ1) is 9.67. The third-order valence-corrected chi connectivity index (χ3v) is 6.38. The number of benzene rings is 1. The summed E-state index contributed by atoms with van der Waals surface area (Å²) in [4.78, 5) is 0. The summed E-state index contributed by atoms with van der Waals surface area (Å²) in [5, 5.41) is 0. The van der Waals surface area contributed by atoms with Crippen molar-refractivity contribution in [1.82, 2.24) is 4.31 Å². The molecule has 2 rings (SSSR count). The minimum Gasteiger partial charge on any atom is -0.399 e. The molecule has 1 aromatic rings.